The standard InChI is InChI=1S/C31H30F2N2OS/c32-29-9-8-23(16-30(29)33)21-10-13-34(14-11-21)17-25-18-35(19-28(25)24-12-15-37-20-24)31(36)27-7-3-5-22-4-1-2-6-26(22)27/h1-9,12,15-16,20-21,25,28H,10-11,13-14,17-19H2/t25-,28+/m1/s1. The number of piperidine rings is 1. The summed E-state index contributed by atoms with van der Waals surface area (Å²) in [6.45, 7) is 4.26. The molecule has 0 spiro atoms. The fraction of sp³-hybridized carbons (Fsp3) is 0.323. The summed E-state index contributed by atoms with van der Waals surface area (Å²) in [6, 6.07) is 20.6. The van der Waals surface area contributed by atoms with Crippen molar-refractivity contribution >= 4 is 28.0 Å². The molecule has 2 saturated heterocycles. The van der Waals surface area contributed by atoms with E-state index in [0.717, 1.165) is 67.5 Å². The average Bonchev–Trinajstić information content (AvgIpc) is 3.60. The van der Waals surface area contributed by atoms with Crippen molar-refractivity contribution in [3.8, 4) is 0 Å². The number of hydrogen-bond acceptors (Lipinski definition) is 3. The van der Waals surface area contributed by atoms with Gasteiger partial charge in [-0.15, -0.1) is 0 Å². The molecule has 190 valence electrons. The lowest BCUT2D eigenvalue weighted by Crippen LogP contribution is -2.38. The summed E-state index contributed by atoms with van der Waals surface area (Å²) >= 11 is 1.71. The number of fused-ring (bicyclic) bond motifs is 1. The van der Waals surface area contributed by atoms with E-state index in [9.17, 15) is 13.6 Å². The number of carbonyl (C=O) groups excluding carboxylic acids is 1. The maximum Gasteiger partial charge on any atom is 0.254 e. The van der Waals surface area contributed by atoms with Crippen LogP contribution in [0.3, 0.4) is 0 Å². The molecule has 0 aliphatic carbocycles. The summed E-state index contributed by atoms with van der Waals surface area (Å²) in [4.78, 5) is 18.3. The van der Waals surface area contributed by atoms with Crippen LogP contribution >= 0.6 is 11.3 Å². The van der Waals surface area contributed by atoms with Gasteiger partial charge in [-0.3, -0.25) is 4.79 Å². The molecule has 3 heterocycles. The highest BCUT2D eigenvalue weighted by atomic mass is 32.1. The Kier molecular flexibility index (Phi) is 6.78. The van der Waals surface area contributed by atoms with Crippen molar-refractivity contribution in [2.24, 2.45) is 5.92 Å². The Balaban J connectivity index is 1.16. The summed E-state index contributed by atoms with van der Waals surface area (Å²) < 4.78 is 27.1. The van der Waals surface area contributed by atoms with E-state index in [4.69, 9.17) is 0 Å². The molecule has 3 nitrogen and oxygen atoms in total. The summed E-state index contributed by atoms with van der Waals surface area (Å²) in [6.07, 6.45) is 1.86. The van der Waals surface area contributed by atoms with E-state index < -0.39 is 11.6 Å². The first-order valence-corrected chi connectivity index (χ1v) is 14.0. The molecular weight excluding hydrogens is 486 g/mol. The lowest BCUT2D eigenvalue weighted by atomic mass is 9.87. The van der Waals surface area contributed by atoms with Crippen LogP contribution in [0.4, 0.5) is 8.78 Å². The van der Waals surface area contributed by atoms with E-state index in [0.29, 0.717) is 11.8 Å². The largest absolute Gasteiger partial charge is 0.338 e. The van der Waals surface area contributed by atoms with E-state index in [2.05, 4.69) is 33.9 Å². The molecule has 3 aromatic carbocycles. The van der Waals surface area contributed by atoms with Gasteiger partial charge in [0.1, 0.15) is 0 Å². The molecule has 0 saturated carbocycles. The highest BCUT2D eigenvalue weighted by Gasteiger charge is 2.38. The van der Waals surface area contributed by atoms with Gasteiger partial charge in [-0.2, -0.15) is 11.3 Å². The lowest BCUT2D eigenvalue weighted by Gasteiger charge is -2.34. The van der Waals surface area contributed by atoms with Crippen LogP contribution in [0.2, 0.25) is 0 Å². The third-order valence-corrected chi connectivity index (χ3v) is 8.92. The van der Waals surface area contributed by atoms with E-state index in [1.807, 2.05) is 35.2 Å². The molecule has 0 N–H and O–H groups in total. The fourth-order valence-electron chi connectivity index (χ4n) is 6.21. The van der Waals surface area contributed by atoms with Gasteiger partial charge >= 0.3 is 0 Å². The molecular formula is C31H30F2N2OS. The number of carbonyl (C=O) groups is 1. The van der Waals surface area contributed by atoms with Gasteiger partial charge in [0.2, 0.25) is 0 Å². The molecule has 1 amide bonds. The first-order valence-electron chi connectivity index (χ1n) is 13.0. The van der Waals surface area contributed by atoms with Gasteiger partial charge in [0, 0.05) is 31.1 Å². The number of rotatable bonds is 5. The number of thiophene rings is 1. The maximum absolute atomic E-state index is 13.8. The van der Waals surface area contributed by atoms with Crippen molar-refractivity contribution in [1.29, 1.82) is 0 Å². The average molecular weight is 517 g/mol. The predicted octanol–water partition coefficient (Wildman–Crippen LogP) is 6.91. The molecule has 2 atom stereocenters. The molecule has 6 heteroatoms. The minimum atomic E-state index is -0.788. The minimum Gasteiger partial charge on any atom is -0.338 e. The Hall–Kier alpha value is -3.09. The van der Waals surface area contributed by atoms with E-state index in [1.165, 1.54) is 17.7 Å². The zero-order valence-corrected chi connectivity index (χ0v) is 21.5. The zero-order valence-electron chi connectivity index (χ0n) is 20.7. The maximum atomic E-state index is 13.8. The minimum absolute atomic E-state index is 0.108. The van der Waals surface area contributed by atoms with Crippen LogP contribution in [-0.4, -0.2) is 48.4 Å². The molecule has 37 heavy (non-hydrogen) atoms. The Labute approximate surface area is 220 Å². The fourth-order valence-corrected chi connectivity index (χ4v) is 6.94. The quantitative estimate of drug-likeness (QED) is 0.288. The number of amides is 1. The van der Waals surface area contributed by atoms with Crippen molar-refractivity contribution in [3.63, 3.8) is 0 Å². The molecule has 2 fully saturated rings. The van der Waals surface area contributed by atoms with Gasteiger partial charge in [0.05, 0.1) is 0 Å². The highest BCUT2D eigenvalue weighted by Crippen LogP contribution is 2.37. The third kappa shape index (κ3) is 4.92. The van der Waals surface area contributed by atoms with Crippen LogP contribution in [0.5, 0.6) is 0 Å². The molecule has 0 bridgehead atoms. The Morgan fingerprint density at radius 3 is 2.49 bits per heavy atom. The SMILES string of the molecule is O=C(c1cccc2ccccc12)N1C[C@@H](CN2CCC(c3ccc(F)c(F)c3)CC2)[C@H](c2ccsc2)C1. The Morgan fingerprint density at radius 2 is 1.70 bits per heavy atom. The summed E-state index contributed by atoms with van der Waals surface area (Å²) in [5.41, 5.74) is 2.98. The molecule has 0 unspecified atom stereocenters. The van der Waals surface area contributed by atoms with Gasteiger partial charge in [-0.25, -0.2) is 8.78 Å². The van der Waals surface area contributed by atoms with Gasteiger partial charge in [-0.05, 0) is 94.7 Å². The molecule has 2 aliphatic heterocycles. The van der Waals surface area contributed by atoms with Crippen LogP contribution in [0, 0.1) is 17.6 Å². The van der Waals surface area contributed by atoms with Crippen molar-refractivity contribution in [3.05, 3.63) is 106 Å². The first kappa shape index (κ1) is 24.3. The number of hydrogen-bond donors (Lipinski definition) is 0. The van der Waals surface area contributed by atoms with Gasteiger partial charge in [-0.1, -0.05) is 42.5 Å². The normalized spacial score (nSPS) is 21.1. The monoisotopic (exact) mass is 516 g/mol. The predicted molar refractivity (Wildman–Crippen MR) is 145 cm³/mol. The third-order valence-electron chi connectivity index (χ3n) is 8.21. The summed E-state index contributed by atoms with van der Waals surface area (Å²) in [5, 5.41) is 6.43. The van der Waals surface area contributed by atoms with Crippen molar-refractivity contribution < 1.29 is 13.6 Å². The molecule has 2 aliphatic rings. The zero-order chi connectivity index (χ0) is 25.4. The summed E-state index contributed by atoms with van der Waals surface area (Å²) in [5.74, 6) is -0.518. The number of halogens is 2. The highest BCUT2D eigenvalue weighted by molar-refractivity contribution is 7.08. The van der Waals surface area contributed by atoms with E-state index in [1.54, 1.807) is 17.4 Å². The molecule has 0 radical (unpaired) electrons. The van der Waals surface area contributed by atoms with E-state index >= 15 is 0 Å². The van der Waals surface area contributed by atoms with Gasteiger partial charge in [0.25, 0.3) is 5.91 Å². The summed E-state index contributed by atoms with van der Waals surface area (Å²) in [7, 11) is 0. The van der Waals surface area contributed by atoms with Crippen molar-refractivity contribution in [2.45, 2.75) is 24.7 Å². The lowest BCUT2D eigenvalue weighted by molar-refractivity contribution is 0.0783. The van der Waals surface area contributed by atoms with Crippen LogP contribution in [0.15, 0.2) is 77.5 Å². The molecule has 1 aromatic heterocycles. The van der Waals surface area contributed by atoms with E-state index in [-0.39, 0.29) is 11.8 Å². The van der Waals surface area contributed by atoms with Gasteiger partial charge in [0.15, 0.2) is 11.6 Å². The van der Waals surface area contributed by atoms with Crippen LogP contribution in [0.1, 0.15) is 46.2 Å². The van der Waals surface area contributed by atoms with Crippen LogP contribution in [-0.2, 0) is 0 Å². The van der Waals surface area contributed by atoms with Crippen molar-refractivity contribution in [2.75, 3.05) is 32.7 Å². The van der Waals surface area contributed by atoms with Gasteiger partial charge < -0.3 is 9.80 Å². The number of nitrogens with zero attached hydrogens (tertiary/aromatic N) is 2. The Morgan fingerprint density at radius 1 is 0.892 bits per heavy atom. The first-order chi connectivity index (χ1) is 18.1. The second kappa shape index (κ2) is 10.3. The number of likely N-dealkylation sites (tertiary alicyclic amines) is 2. The second-order valence-corrected chi connectivity index (χ2v) is 11.2. The molecule has 4 aromatic rings. The topological polar surface area (TPSA) is 23.6 Å². The molecule has 6 rings (SSSR count). The van der Waals surface area contributed by atoms with Crippen molar-refractivity contribution in [1.82, 2.24) is 9.80 Å². The second-order valence-electron chi connectivity index (χ2n) is 10.4. The Bertz CT molecular complexity index is 1390. The smallest absolute Gasteiger partial charge is 0.254 e. The van der Waals surface area contributed by atoms with Crippen LogP contribution < -0.4 is 0 Å². The van der Waals surface area contributed by atoms with Crippen LogP contribution in [0.25, 0.3) is 10.8 Å². The number of benzene rings is 3.